The average molecular weight is 342 g/mol. The van der Waals surface area contributed by atoms with Crippen molar-refractivity contribution in [3.8, 4) is 11.4 Å². The third kappa shape index (κ3) is 3.62. The lowest BCUT2D eigenvalue weighted by Gasteiger charge is -2.08. The van der Waals surface area contributed by atoms with Crippen LogP contribution >= 0.6 is 12.2 Å². The summed E-state index contributed by atoms with van der Waals surface area (Å²) >= 11 is 5.32. The zero-order valence-corrected chi connectivity index (χ0v) is 13.8. The standard InChI is InChI=1S/C17H18N4O2S/c22-17(23)18-9-3-4-10-21-15(19-20-16(21)24)14-8-7-12-5-1-2-6-13(12)11-14/h1-2,5-8,11,18H,3-4,9-10H2,(H,20,24)(H,22,23). The quantitative estimate of drug-likeness (QED) is 0.470. The minimum absolute atomic E-state index is 0.436. The average Bonchev–Trinajstić information content (AvgIpc) is 2.95. The molecule has 0 fully saturated rings. The van der Waals surface area contributed by atoms with Crippen LogP contribution in [-0.4, -0.2) is 32.5 Å². The molecule has 7 heteroatoms. The molecule has 6 nitrogen and oxygen atoms in total. The van der Waals surface area contributed by atoms with Gasteiger partial charge in [0.05, 0.1) is 0 Å². The summed E-state index contributed by atoms with van der Waals surface area (Å²) in [5.41, 5.74) is 1.00. The molecule has 1 aromatic heterocycles. The monoisotopic (exact) mass is 342 g/mol. The van der Waals surface area contributed by atoms with E-state index in [1.165, 1.54) is 5.39 Å². The highest BCUT2D eigenvalue weighted by Gasteiger charge is 2.09. The molecule has 3 rings (SSSR count). The molecule has 0 aliphatic rings. The Morgan fingerprint density at radius 3 is 2.79 bits per heavy atom. The maximum absolute atomic E-state index is 10.4. The Kier molecular flexibility index (Phi) is 4.90. The van der Waals surface area contributed by atoms with Gasteiger partial charge in [-0.2, -0.15) is 5.10 Å². The summed E-state index contributed by atoms with van der Waals surface area (Å²) in [6.07, 6.45) is 0.567. The fourth-order valence-corrected chi connectivity index (χ4v) is 2.89. The van der Waals surface area contributed by atoms with E-state index in [-0.39, 0.29) is 0 Å². The van der Waals surface area contributed by atoms with Crippen molar-refractivity contribution in [2.24, 2.45) is 0 Å². The number of amides is 1. The summed E-state index contributed by atoms with van der Waals surface area (Å²) in [7, 11) is 0. The van der Waals surface area contributed by atoms with Crippen LogP contribution in [0.5, 0.6) is 0 Å². The molecule has 0 aliphatic heterocycles. The highest BCUT2D eigenvalue weighted by Crippen LogP contribution is 2.23. The van der Waals surface area contributed by atoms with Crippen molar-refractivity contribution in [1.82, 2.24) is 20.1 Å². The van der Waals surface area contributed by atoms with Crippen molar-refractivity contribution in [3.05, 3.63) is 47.2 Å². The van der Waals surface area contributed by atoms with Crippen LogP contribution < -0.4 is 5.32 Å². The molecule has 124 valence electrons. The van der Waals surface area contributed by atoms with Crippen LogP contribution in [0.2, 0.25) is 0 Å². The Bertz CT molecular complexity index is 916. The molecule has 0 atom stereocenters. The molecular formula is C17H18N4O2S. The van der Waals surface area contributed by atoms with E-state index in [9.17, 15) is 4.79 Å². The summed E-state index contributed by atoms with van der Waals surface area (Å²) in [6.45, 7) is 1.13. The Hall–Kier alpha value is -2.67. The van der Waals surface area contributed by atoms with E-state index in [2.05, 4.69) is 39.8 Å². The summed E-state index contributed by atoms with van der Waals surface area (Å²) in [5.74, 6) is 0.803. The number of benzene rings is 2. The number of aromatic nitrogens is 3. The topological polar surface area (TPSA) is 82.9 Å². The van der Waals surface area contributed by atoms with Crippen molar-refractivity contribution < 1.29 is 9.90 Å². The van der Waals surface area contributed by atoms with Gasteiger partial charge in [0, 0.05) is 18.7 Å². The molecule has 0 aliphatic carbocycles. The Morgan fingerprint density at radius 2 is 2.00 bits per heavy atom. The third-order valence-corrected chi connectivity index (χ3v) is 4.16. The lowest BCUT2D eigenvalue weighted by atomic mass is 10.1. The fraction of sp³-hybridized carbons (Fsp3) is 0.235. The maximum Gasteiger partial charge on any atom is 0.404 e. The van der Waals surface area contributed by atoms with Gasteiger partial charge in [0.1, 0.15) is 0 Å². The molecular weight excluding hydrogens is 324 g/mol. The predicted octanol–water partition coefficient (Wildman–Crippen LogP) is 3.81. The molecule has 0 radical (unpaired) electrons. The number of H-pyrrole nitrogens is 1. The molecule has 0 unspecified atom stereocenters. The molecule has 1 amide bonds. The first-order valence-corrected chi connectivity index (χ1v) is 8.17. The molecule has 0 bridgehead atoms. The van der Waals surface area contributed by atoms with Gasteiger partial charge in [-0.25, -0.2) is 4.79 Å². The minimum Gasteiger partial charge on any atom is -0.465 e. The Labute approximate surface area is 144 Å². The highest BCUT2D eigenvalue weighted by molar-refractivity contribution is 7.71. The van der Waals surface area contributed by atoms with Gasteiger partial charge in [-0.15, -0.1) is 0 Å². The van der Waals surface area contributed by atoms with Gasteiger partial charge < -0.3 is 15.0 Å². The normalized spacial score (nSPS) is 10.8. The van der Waals surface area contributed by atoms with Gasteiger partial charge in [0.2, 0.25) is 0 Å². The Balaban J connectivity index is 1.78. The number of unbranched alkanes of at least 4 members (excludes halogenated alkanes) is 1. The fourth-order valence-electron chi connectivity index (χ4n) is 2.66. The first-order valence-electron chi connectivity index (χ1n) is 7.76. The van der Waals surface area contributed by atoms with E-state index in [0.717, 1.165) is 29.6 Å². The summed E-state index contributed by atoms with van der Waals surface area (Å²) < 4.78 is 2.53. The van der Waals surface area contributed by atoms with Crippen LogP contribution in [-0.2, 0) is 6.54 Å². The van der Waals surface area contributed by atoms with Crippen LogP contribution in [0, 0.1) is 4.77 Å². The molecule has 3 aromatic rings. The molecule has 3 N–H and O–H groups in total. The summed E-state index contributed by atoms with van der Waals surface area (Å²) in [6, 6.07) is 14.4. The van der Waals surface area contributed by atoms with Crippen molar-refractivity contribution in [2.75, 3.05) is 6.54 Å². The van der Waals surface area contributed by atoms with Crippen LogP contribution in [0.3, 0.4) is 0 Å². The molecule has 2 aromatic carbocycles. The van der Waals surface area contributed by atoms with Gasteiger partial charge in [0.25, 0.3) is 0 Å². The molecule has 24 heavy (non-hydrogen) atoms. The maximum atomic E-state index is 10.4. The first kappa shape index (κ1) is 16.2. The number of rotatable bonds is 6. The third-order valence-electron chi connectivity index (χ3n) is 3.85. The summed E-state index contributed by atoms with van der Waals surface area (Å²) in [4.78, 5) is 10.4. The molecule has 0 saturated heterocycles. The van der Waals surface area contributed by atoms with Crippen molar-refractivity contribution >= 4 is 29.1 Å². The van der Waals surface area contributed by atoms with Gasteiger partial charge in [0.15, 0.2) is 10.6 Å². The second-order valence-electron chi connectivity index (χ2n) is 5.50. The molecule has 0 saturated carbocycles. The van der Waals surface area contributed by atoms with Crippen LogP contribution in [0.1, 0.15) is 12.8 Å². The predicted molar refractivity (Wildman–Crippen MR) is 95.6 cm³/mol. The number of hydrogen-bond donors (Lipinski definition) is 3. The summed E-state index contributed by atoms with van der Waals surface area (Å²) in [5, 5.41) is 20.5. The van der Waals surface area contributed by atoms with Crippen molar-refractivity contribution in [1.29, 1.82) is 0 Å². The lowest BCUT2D eigenvalue weighted by molar-refractivity contribution is 0.194. The van der Waals surface area contributed by atoms with E-state index in [1.807, 2.05) is 22.8 Å². The smallest absolute Gasteiger partial charge is 0.404 e. The second kappa shape index (κ2) is 7.27. The number of nitrogens with zero attached hydrogens (tertiary/aromatic N) is 2. The molecule has 1 heterocycles. The lowest BCUT2D eigenvalue weighted by Crippen LogP contribution is -2.22. The Morgan fingerprint density at radius 1 is 1.21 bits per heavy atom. The van der Waals surface area contributed by atoms with E-state index in [4.69, 9.17) is 17.3 Å². The van der Waals surface area contributed by atoms with E-state index in [1.54, 1.807) is 0 Å². The number of hydrogen-bond acceptors (Lipinski definition) is 3. The SMILES string of the molecule is O=C(O)NCCCCn1c(-c2ccc3ccccc3c2)n[nH]c1=S. The number of carbonyl (C=O) groups is 1. The van der Waals surface area contributed by atoms with Crippen molar-refractivity contribution in [3.63, 3.8) is 0 Å². The highest BCUT2D eigenvalue weighted by atomic mass is 32.1. The van der Waals surface area contributed by atoms with Crippen molar-refractivity contribution in [2.45, 2.75) is 19.4 Å². The largest absolute Gasteiger partial charge is 0.465 e. The van der Waals surface area contributed by atoms with E-state index < -0.39 is 6.09 Å². The number of carboxylic acid groups (broad SMARTS) is 1. The van der Waals surface area contributed by atoms with E-state index in [0.29, 0.717) is 17.9 Å². The van der Waals surface area contributed by atoms with Gasteiger partial charge in [-0.1, -0.05) is 36.4 Å². The zero-order chi connectivity index (χ0) is 16.9. The van der Waals surface area contributed by atoms with Crippen LogP contribution in [0.25, 0.3) is 22.2 Å². The molecule has 0 spiro atoms. The number of fused-ring (bicyclic) bond motifs is 1. The minimum atomic E-state index is -0.994. The van der Waals surface area contributed by atoms with Crippen LogP contribution in [0.4, 0.5) is 4.79 Å². The second-order valence-corrected chi connectivity index (χ2v) is 5.89. The number of nitrogens with one attached hydrogen (secondary N) is 2. The first-order chi connectivity index (χ1) is 11.6. The van der Waals surface area contributed by atoms with Gasteiger partial charge in [-0.3, -0.25) is 5.10 Å². The van der Waals surface area contributed by atoms with E-state index >= 15 is 0 Å². The van der Waals surface area contributed by atoms with Gasteiger partial charge in [-0.05, 0) is 41.9 Å². The van der Waals surface area contributed by atoms with Gasteiger partial charge >= 0.3 is 6.09 Å². The van der Waals surface area contributed by atoms with Crippen LogP contribution in [0.15, 0.2) is 42.5 Å². The zero-order valence-electron chi connectivity index (χ0n) is 13.0. The number of aromatic amines is 1.